The maximum Gasteiger partial charge on any atom is 0.126 e. The number of fused-ring (bicyclic) bond motifs is 1. The van der Waals surface area contributed by atoms with E-state index in [4.69, 9.17) is 4.74 Å². The van der Waals surface area contributed by atoms with Gasteiger partial charge in [0.05, 0.1) is 7.11 Å². The van der Waals surface area contributed by atoms with Crippen LogP contribution < -0.4 is 4.74 Å². The number of benzene rings is 2. The first-order valence-corrected chi connectivity index (χ1v) is 7.34. The molecule has 1 aliphatic rings. The smallest absolute Gasteiger partial charge is 0.126 e. The molecule has 2 nitrogen and oxygen atoms in total. The van der Waals surface area contributed by atoms with E-state index in [-0.39, 0.29) is 18.3 Å². The summed E-state index contributed by atoms with van der Waals surface area (Å²) in [5.41, 5.74) is 1.41. The second kappa shape index (κ2) is 6.95. The van der Waals surface area contributed by atoms with Crippen molar-refractivity contribution in [1.82, 2.24) is 0 Å². The molecule has 0 radical (unpaired) electrons. The number of carbonyl (C=O) groups excluding carboxylic acids is 1. The minimum absolute atomic E-state index is 0. The van der Waals surface area contributed by atoms with Crippen LogP contribution in [0.3, 0.4) is 0 Å². The summed E-state index contributed by atoms with van der Waals surface area (Å²) in [7, 11) is 1.72. The minimum atomic E-state index is 0. The maximum absolute atomic E-state index is 10.9. The average molecular weight is 305 g/mol. The lowest BCUT2D eigenvalue weighted by atomic mass is 9.78. The van der Waals surface area contributed by atoms with Crippen LogP contribution in [0.5, 0.6) is 5.75 Å². The monoisotopic (exact) mass is 304 g/mol. The molecule has 0 aliphatic heterocycles. The summed E-state index contributed by atoms with van der Waals surface area (Å²) in [6.07, 6.45) is 5.39. The predicted molar refractivity (Wildman–Crippen MR) is 88.5 cm³/mol. The van der Waals surface area contributed by atoms with Crippen LogP contribution in [0, 0.1) is 5.92 Å². The summed E-state index contributed by atoms with van der Waals surface area (Å²) in [6, 6.07) is 12.7. The molecule has 0 aromatic heterocycles. The Morgan fingerprint density at radius 2 is 1.67 bits per heavy atom. The van der Waals surface area contributed by atoms with Crippen LogP contribution in [0.1, 0.15) is 37.2 Å². The highest BCUT2D eigenvalue weighted by atomic mass is 35.5. The Morgan fingerprint density at radius 1 is 1.00 bits per heavy atom. The normalized spacial score (nSPS) is 21.6. The lowest BCUT2D eigenvalue weighted by Gasteiger charge is -2.27. The molecule has 2 aromatic rings. The first-order valence-electron chi connectivity index (χ1n) is 7.34. The Morgan fingerprint density at radius 3 is 2.29 bits per heavy atom. The lowest BCUT2D eigenvalue weighted by molar-refractivity contribution is -0.111. The molecule has 0 amide bonds. The van der Waals surface area contributed by atoms with Gasteiger partial charge >= 0.3 is 0 Å². The van der Waals surface area contributed by atoms with Gasteiger partial charge in [0.2, 0.25) is 0 Å². The van der Waals surface area contributed by atoms with Crippen LogP contribution in [0.15, 0.2) is 36.4 Å². The fourth-order valence-corrected chi connectivity index (χ4v) is 3.40. The van der Waals surface area contributed by atoms with E-state index in [9.17, 15) is 4.79 Å². The summed E-state index contributed by atoms with van der Waals surface area (Å²) in [4.78, 5) is 10.9. The van der Waals surface area contributed by atoms with E-state index < -0.39 is 0 Å². The Balaban J connectivity index is 0.00000161. The fourth-order valence-electron chi connectivity index (χ4n) is 3.40. The maximum atomic E-state index is 10.9. The molecule has 112 valence electrons. The SMILES string of the molecule is COc1ccc(C2CCC(C=O)CC2)c2ccccc12.Cl. The van der Waals surface area contributed by atoms with Crippen molar-refractivity contribution in [3.63, 3.8) is 0 Å². The molecule has 0 unspecified atom stereocenters. The van der Waals surface area contributed by atoms with Gasteiger partial charge in [0.15, 0.2) is 0 Å². The van der Waals surface area contributed by atoms with Crippen LogP contribution in [0.2, 0.25) is 0 Å². The molecule has 3 heteroatoms. The van der Waals surface area contributed by atoms with Gasteiger partial charge in [-0.05, 0) is 48.6 Å². The Kier molecular flexibility index (Phi) is 5.24. The highest BCUT2D eigenvalue weighted by Crippen LogP contribution is 2.40. The van der Waals surface area contributed by atoms with Crippen molar-refractivity contribution >= 4 is 29.5 Å². The second-order valence-electron chi connectivity index (χ2n) is 5.65. The van der Waals surface area contributed by atoms with Crippen LogP contribution in [-0.4, -0.2) is 13.4 Å². The third kappa shape index (κ3) is 3.06. The molecule has 3 rings (SSSR count). The number of carbonyl (C=O) groups is 1. The predicted octanol–water partition coefficient (Wildman–Crippen LogP) is 4.74. The summed E-state index contributed by atoms with van der Waals surface area (Å²) >= 11 is 0. The Hall–Kier alpha value is -1.54. The number of rotatable bonds is 3. The minimum Gasteiger partial charge on any atom is -0.496 e. The van der Waals surface area contributed by atoms with E-state index in [1.807, 2.05) is 0 Å². The molecule has 2 aromatic carbocycles. The lowest BCUT2D eigenvalue weighted by Crippen LogP contribution is -2.14. The van der Waals surface area contributed by atoms with Crippen molar-refractivity contribution < 1.29 is 9.53 Å². The molecule has 0 saturated heterocycles. The number of halogens is 1. The van der Waals surface area contributed by atoms with Gasteiger partial charge in [0, 0.05) is 11.3 Å². The van der Waals surface area contributed by atoms with Crippen molar-refractivity contribution in [2.24, 2.45) is 5.92 Å². The van der Waals surface area contributed by atoms with Crippen LogP contribution in [-0.2, 0) is 4.79 Å². The summed E-state index contributed by atoms with van der Waals surface area (Å²) in [5.74, 6) is 1.78. The van der Waals surface area contributed by atoms with Crippen molar-refractivity contribution in [3.05, 3.63) is 42.0 Å². The van der Waals surface area contributed by atoms with Crippen molar-refractivity contribution in [2.75, 3.05) is 7.11 Å². The van der Waals surface area contributed by atoms with Gasteiger partial charge in [-0.1, -0.05) is 30.3 Å². The van der Waals surface area contributed by atoms with Gasteiger partial charge in [-0.2, -0.15) is 0 Å². The zero-order valence-corrected chi connectivity index (χ0v) is 13.1. The van der Waals surface area contributed by atoms with Crippen molar-refractivity contribution in [3.8, 4) is 5.75 Å². The Labute approximate surface area is 131 Å². The first kappa shape index (κ1) is 15.8. The van der Waals surface area contributed by atoms with Crippen LogP contribution in [0.25, 0.3) is 10.8 Å². The zero-order valence-electron chi connectivity index (χ0n) is 12.2. The van der Waals surface area contributed by atoms with Crippen LogP contribution >= 0.6 is 12.4 Å². The molecule has 0 heterocycles. The number of ether oxygens (including phenoxy) is 1. The van der Waals surface area contributed by atoms with Gasteiger partial charge in [-0.15, -0.1) is 12.4 Å². The highest BCUT2D eigenvalue weighted by molar-refractivity contribution is 5.91. The van der Waals surface area contributed by atoms with E-state index in [2.05, 4.69) is 36.4 Å². The van der Waals surface area contributed by atoms with Gasteiger partial charge in [0.25, 0.3) is 0 Å². The third-order valence-electron chi connectivity index (χ3n) is 4.54. The van der Waals surface area contributed by atoms with Crippen molar-refractivity contribution in [2.45, 2.75) is 31.6 Å². The van der Waals surface area contributed by atoms with Crippen LogP contribution in [0.4, 0.5) is 0 Å². The van der Waals surface area contributed by atoms with E-state index >= 15 is 0 Å². The highest BCUT2D eigenvalue weighted by Gasteiger charge is 2.23. The topological polar surface area (TPSA) is 26.3 Å². The zero-order chi connectivity index (χ0) is 13.9. The summed E-state index contributed by atoms with van der Waals surface area (Å²) in [5, 5.41) is 2.48. The standard InChI is InChI=1S/C18H20O2.ClH/c1-20-18-11-10-15(16-4-2-3-5-17(16)18)14-8-6-13(12-19)7-9-14;/h2-5,10-14H,6-9H2,1H3;1H. The number of hydrogen-bond donors (Lipinski definition) is 0. The molecule has 0 spiro atoms. The Bertz CT molecular complexity index is 616. The first-order chi connectivity index (χ1) is 9.83. The molecule has 1 fully saturated rings. The molecule has 0 N–H and O–H groups in total. The van der Waals surface area contributed by atoms with Gasteiger partial charge in [-0.3, -0.25) is 0 Å². The second-order valence-corrected chi connectivity index (χ2v) is 5.65. The molecule has 21 heavy (non-hydrogen) atoms. The van der Waals surface area contributed by atoms with E-state index in [1.54, 1.807) is 7.11 Å². The molecular weight excluding hydrogens is 284 g/mol. The molecule has 1 aliphatic carbocycles. The molecule has 1 saturated carbocycles. The largest absolute Gasteiger partial charge is 0.496 e. The summed E-state index contributed by atoms with van der Waals surface area (Å²) < 4.78 is 5.46. The van der Waals surface area contributed by atoms with Gasteiger partial charge in [-0.25, -0.2) is 0 Å². The molecule has 0 bridgehead atoms. The molecule has 0 atom stereocenters. The number of aldehydes is 1. The number of methoxy groups -OCH3 is 1. The third-order valence-corrected chi connectivity index (χ3v) is 4.54. The fraction of sp³-hybridized carbons (Fsp3) is 0.389. The molecular formula is C18H21ClO2. The average Bonchev–Trinajstić information content (AvgIpc) is 2.54. The summed E-state index contributed by atoms with van der Waals surface area (Å²) in [6.45, 7) is 0. The van der Waals surface area contributed by atoms with E-state index in [0.29, 0.717) is 5.92 Å². The van der Waals surface area contributed by atoms with Crippen molar-refractivity contribution in [1.29, 1.82) is 0 Å². The van der Waals surface area contributed by atoms with Gasteiger partial charge in [0.1, 0.15) is 12.0 Å². The number of hydrogen-bond acceptors (Lipinski definition) is 2. The van der Waals surface area contributed by atoms with E-state index in [1.165, 1.54) is 16.3 Å². The van der Waals surface area contributed by atoms with Gasteiger partial charge < -0.3 is 9.53 Å². The van der Waals surface area contributed by atoms with E-state index in [0.717, 1.165) is 37.7 Å². The quantitative estimate of drug-likeness (QED) is 0.765.